The first-order chi connectivity index (χ1) is 10.5. The van der Waals surface area contributed by atoms with Gasteiger partial charge in [-0.05, 0) is 30.7 Å². The molecule has 122 valence electrons. The van der Waals surface area contributed by atoms with Gasteiger partial charge in [-0.2, -0.15) is 0 Å². The summed E-state index contributed by atoms with van der Waals surface area (Å²) < 4.78 is 26.9. The van der Waals surface area contributed by atoms with Crippen molar-refractivity contribution in [3.63, 3.8) is 0 Å². The maximum absolute atomic E-state index is 12.2. The van der Waals surface area contributed by atoms with Gasteiger partial charge in [0.05, 0.1) is 18.2 Å². The summed E-state index contributed by atoms with van der Waals surface area (Å²) in [5.41, 5.74) is 0. The van der Waals surface area contributed by atoms with Gasteiger partial charge >= 0.3 is 0 Å². The fraction of sp³-hybridized carbons (Fsp3) is 0.500. The molecule has 8 heteroatoms. The number of aliphatic imine (C=N–C) groups is 1. The van der Waals surface area contributed by atoms with E-state index in [-0.39, 0.29) is 10.9 Å². The third-order valence-electron chi connectivity index (χ3n) is 3.33. The van der Waals surface area contributed by atoms with Gasteiger partial charge < -0.3 is 5.32 Å². The van der Waals surface area contributed by atoms with Crippen LogP contribution in [0.3, 0.4) is 0 Å². The lowest BCUT2D eigenvalue weighted by Gasteiger charge is -2.26. The molecule has 1 heterocycles. The highest BCUT2D eigenvalue weighted by molar-refractivity contribution is 7.90. The molecule has 0 atom stereocenters. The van der Waals surface area contributed by atoms with E-state index in [2.05, 4.69) is 26.9 Å². The molecular weight excluding hydrogens is 324 g/mol. The Hall–Kier alpha value is -1.31. The summed E-state index contributed by atoms with van der Waals surface area (Å²) in [5.74, 6) is 0.279. The highest BCUT2D eigenvalue weighted by Crippen LogP contribution is 2.13. The molecule has 0 aromatic heterocycles. The van der Waals surface area contributed by atoms with Crippen molar-refractivity contribution < 1.29 is 8.42 Å². The molecule has 0 unspecified atom stereocenters. The summed E-state index contributed by atoms with van der Waals surface area (Å²) >= 11 is 5.76. The smallest absolute Gasteiger partial charge is 0.264 e. The molecule has 1 aromatic rings. The lowest BCUT2D eigenvalue weighted by atomic mass is 10.2. The van der Waals surface area contributed by atoms with Crippen LogP contribution in [0.4, 0.5) is 0 Å². The fourth-order valence-electron chi connectivity index (χ4n) is 2.07. The quantitative estimate of drug-likeness (QED) is 0.774. The predicted octanol–water partition coefficient (Wildman–Crippen LogP) is 1.98. The van der Waals surface area contributed by atoms with Crippen LogP contribution >= 0.6 is 11.6 Å². The van der Waals surface area contributed by atoms with Crippen LogP contribution < -0.4 is 10.0 Å². The van der Waals surface area contributed by atoms with Crippen molar-refractivity contribution in [2.45, 2.75) is 31.1 Å². The maximum Gasteiger partial charge on any atom is 0.264 e. The van der Waals surface area contributed by atoms with Gasteiger partial charge in [0.1, 0.15) is 0 Å². The highest BCUT2D eigenvalue weighted by Gasteiger charge is 2.19. The molecule has 0 radical (unpaired) electrons. The van der Waals surface area contributed by atoms with Crippen LogP contribution in [0.2, 0.25) is 5.02 Å². The van der Waals surface area contributed by atoms with E-state index in [9.17, 15) is 8.42 Å². The monoisotopic (exact) mass is 344 g/mol. The number of hydrogen-bond donors (Lipinski definition) is 2. The van der Waals surface area contributed by atoms with Gasteiger partial charge in [0.15, 0.2) is 0 Å². The number of nitrogens with one attached hydrogen (secondary N) is 2. The largest absolute Gasteiger partial charge is 0.343 e. The van der Waals surface area contributed by atoms with Crippen molar-refractivity contribution in [2.75, 3.05) is 19.9 Å². The molecule has 1 aliphatic rings. The summed E-state index contributed by atoms with van der Waals surface area (Å²) in [6.45, 7) is 4.21. The van der Waals surface area contributed by atoms with Crippen LogP contribution in [-0.2, 0) is 10.0 Å². The van der Waals surface area contributed by atoms with Crippen LogP contribution in [-0.4, -0.2) is 39.2 Å². The maximum atomic E-state index is 12.2. The number of benzene rings is 1. The van der Waals surface area contributed by atoms with Crippen LogP contribution in [0, 0.1) is 0 Å². The topological polar surface area (TPSA) is 73.8 Å². The zero-order valence-electron chi connectivity index (χ0n) is 12.5. The number of hydrogen-bond acceptors (Lipinski definition) is 5. The number of nitrogens with zero attached hydrogens (tertiary/aromatic N) is 2. The van der Waals surface area contributed by atoms with E-state index < -0.39 is 10.0 Å². The van der Waals surface area contributed by atoms with E-state index >= 15 is 0 Å². The minimum Gasteiger partial charge on any atom is -0.343 e. The first kappa shape index (κ1) is 17.1. The average Bonchev–Trinajstić information content (AvgIpc) is 2.49. The molecule has 0 fully saturated rings. The normalized spacial score (nSPS) is 16.0. The second-order valence-electron chi connectivity index (χ2n) is 5.14. The van der Waals surface area contributed by atoms with Gasteiger partial charge in [0.2, 0.25) is 5.96 Å². The number of unbranched alkanes of at least 4 members (excludes halogenated alkanes) is 2. The van der Waals surface area contributed by atoms with E-state index in [1.807, 2.05) is 0 Å². The van der Waals surface area contributed by atoms with E-state index in [4.69, 9.17) is 11.6 Å². The van der Waals surface area contributed by atoms with Gasteiger partial charge in [-0.15, -0.1) is 0 Å². The molecule has 0 saturated carbocycles. The van der Waals surface area contributed by atoms with Crippen LogP contribution in [0.25, 0.3) is 0 Å². The molecule has 0 aliphatic carbocycles. The van der Waals surface area contributed by atoms with Crippen molar-refractivity contribution in [1.82, 2.24) is 14.9 Å². The number of guanidine groups is 1. The Balaban J connectivity index is 1.92. The number of halogens is 1. The van der Waals surface area contributed by atoms with Gasteiger partial charge in [-0.1, -0.05) is 31.4 Å². The standard InChI is InChI=1S/C14H21ClN4O2S/c1-2-3-4-9-19-10-16-14(17-11-19)18-22(20,21)13-7-5-12(15)6-8-13/h5-8H,2-4,9-11H2,1H3,(H2,16,17,18). The molecule has 0 amide bonds. The Morgan fingerprint density at radius 2 is 2.05 bits per heavy atom. The SMILES string of the molecule is CCCCCN1CN=C(NS(=O)(=O)c2ccc(Cl)cc2)NC1. The number of sulfonamides is 1. The third-order valence-corrected chi connectivity index (χ3v) is 4.94. The average molecular weight is 345 g/mol. The zero-order chi connectivity index (χ0) is 16.0. The van der Waals surface area contributed by atoms with Gasteiger partial charge in [-0.3, -0.25) is 4.90 Å². The number of rotatable bonds is 6. The van der Waals surface area contributed by atoms with Crippen LogP contribution in [0.5, 0.6) is 0 Å². The molecule has 1 aromatic carbocycles. The molecule has 6 nitrogen and oxygen atoms in total. The fourth-order valence-corrected chi connectivity index (χ4v) is 3.20. The molecular formula is C14H21ClN4O2S. The summed E-state index contributed by atoms with van der Waals surface area (Å²) in [4.78, 5) is 6.53. The Bertz CT molecular complexity index is 616. The minimum absolute atomic E-state index is 0.159. The first-order valence-corrected chi connectivity index (χ1v) is 9.16. The molecule has 0 saturated heterocycles. The van der Waals surface area contributed by atoms with Crippen molar-refractivity contribution >= 4 is 27.6 Å². The molecule has 0 bridgehead atoms. The molecule has 2 rings (SSSR count). The van der Waals surface area contributed by atoms with Crippen molar-refractivity contribution in [2.24, 2.45) is 4.99 Å². The van der Waals surface area contributed by atoms with Crippen LogP contribution in [0.15, 0.2) is 34.2 Å². The predicted molar refractivity (Wildman–Crippen MR) is 88.3 cm³/mol. The molecule has 2 N–H and O–H groups in total. The van der Waals surface area contributed by atoms with Gasteiger partial charge in [0.25, 0.3) is 10.0 Å². The van der Waals surface area contributed by atoms with Gasteiger partial charge in [0, 0.05) is 11.6 Å². The summed E-state index contributed by atoms with van der Waals surface area (Å²) in [6, 6.07) is 6.01. The van der Waals surface area contributed by atoms with E-state index in [1.54, 1.807) is 12.1 Å². The molecule has 1 aliphatic heterocycles. The highest BCUT2D eigenvalue weighted by atomic mass is 35.5. The van der Waals surface area contributed by atoms with Crippen molar-refractivity contribution in [3.8, 4) is 0 Å². The Morgan fingerprint density at radius 1 is 1.32 bits per heavy atom. The van der Waals surface area contributed by atoms with Gasteiger partial charge in [-0.25, -0.2) is 18.1 Å². The zero-order valence-corrected chi connectivity index (χ0v) is 14.1. The summed E-state index contributed by atoms with van der Waals surface area (Å²) in [6.07, 6.45) is 3.49. The van der Waals surface area contributed by atoms with Crippen molar-refractivity contribution in [3.05, 3.63) is 29.3 Å². The lowest BCUT2D eigenvalue weighted by molar-refractivity contribution is 0.258. The van der Waals surface area contributed by atoms with E-state index in [1.165, 1.54) is 25.0 Å². The summed E-state index contributed by atoms with van der Waals surface area (Å²) in [7, 11) is -3.64. The molecule has 22 heavy (non-hydrogen) atoms. The van der Waals surface area contributed by atoms with Crippen molar-refractivity contribution in [1.29, 1.82) is 0 Å². The lowest BCUT2D eigenvalue weighted by Crippen LogP contribution is -2.50. The third kappa shape index (κ3) is 4.86. The Kier molecular flexibility index (Phi) is 6.05. The van der Waals surface area contributed by atoms with E-state index in [0.717, 1.165) is 13.0 Å². The minimum atomic E-state index is -3.64. The first-order valence-electron chi connectivity index (χ1n) is 7.30. The Labute approximate surface area is 136 Å². The second-order valence-corrected chi connectivity index (χ2v) is 7.26. The second kappa shape index (κ2) is 7.80. The molecule has 0 spiro atoms. The van der Waals surface area contributed by atoms with E-state index in [0.29, 0.717) is 18.4 Å². The summed E-state index contributed by atoms with van der Waals surface area (Å²) in [5, 5.41) is 3.49. The Morgan fingerprint density at radius 3 is 2.64 bits per heavy atom. The van der Waals surface area contributed by atoms with Crippen LogP contribution in [0.1, 0.15) is 26.2 Å².